The molecule has 34 valence electrons. The van der Waals surface area contributed by atoms with E-state index >= 15 is 0 Å². The molecular formula is C3H13N2+. The zero-order chi connectivity index (χ0) is 2.71. The fourth-order valence-electron chi connectivity index (χ4n) is 0. The molecule has 0 heterocycles. The summed E-state index contributed by atoms with van der Waals surface area (Å²) >= 11 is 0. The Hall–Kier alpha value is -0.530. The van der Waals surface area contributed by atoms with Gasteiger partial charge in [0.25, 0.3) is 0 Å². The monoisotopic (exact) mass is 77.1 g/mol. The summed E-state index contributed by atoms with van der Waals surface area (Å²) in [6.45, 7) is 0. The van der Waals surface area contributed by atoms with Gasteiger partial charge in [-0.25, -0.2) is 0 Å². The summed E-state index contributed by atoms with van der Waals surface area (Å²) in [7, 11) is 0. The largest absolute Gasteiger partial charge is 0.294 e. The minimum Gasteiger partial charge on any atom is -0.294 e. The molecule has 0 amide bonds. The first-order valence-electron chi connectivity index (χ1n) is 0.667. The van der Waals surface area contributed by atoms with Gasteiger partial charge in [0, 0.05) is 0 Å². The van der Waals surface area contributed by atoms with Crippen molar-refractivity contribution in [2.75, 3.05) is 0 Å². The summed E-state index contributed by atoms with van der Waals surface area (Å²) in [5, 5.41) is 4.50. The molecule has 0 spiro atoms. The molecular weight excluding hydrogens is 64.0 g/mol. The van der Waals surface area contributed by atoms with Crippen LogP contribution in [0.1, 0.15) is 14.9 Å². The molecule has 0 saturated carbocycles. The normalized spacial score (nSPS) is 2.40. The van der Waals surface area contributed by atoms with Crippen LogP contribution in [0.25, 0.3) is 0 Å². The highest BCUT2D eigenvalue weighted by atomic mass is 14.6. The number of nitrogens with two attached hydrogens (primary N) is 2. The van der Waals surface area contributed by atoms with E-state index in [1.54, 1.807) is 0 Å². The Balaban J connectivity index is -0.0000000200. The number of rotatable bonds is 0. The third-order valence-corrected chi connectivity index (χ3v) is 0. The standard InChI is InChI=1S/CH4N2.2CH4/c2-1-3;;/h1H,(H3,2,3);2*1H4/p+1. The van der Waals surface area contributed by atoms with Gasteiger partial charge in [-0.3, -0.25) is 11.1 Å². The van der Waals surface area contributed by atoms with Crippen molar-refractivity contribution in [3.63, 3.8) is 0 Å². The molecule has 0 aliphatic heterocycles. The van der Waals surface area contributed by atoms with E-state index in [1.807, 2.05) is 0 Å². The quantitative estimate of drug-likeness (QED) is 0.283. The minimum absolute atomic E-state index is 0. The molecule has 0 saturated heterocycles. The van der Waals surface area contributed by atoms with Crippen molar-refractivity contribution in [1.29, 1.82) is 0 Å². The SMILES string of the molecule is C.C.NC=[NH2+]. The molecule has 0 aliphatic carbocycles. The van der Waals surface area contributed by atoms with Gasteiger partial charge in [0.05, 0.1) is 0 Å². The fourth-order valence-corrected chi connectivity index (χ4v) is 0. The lowest BCUT2D eigenvalue weighted by atomic mass is 11.4. The number of hydrogen-bond donors (Lipinski definition) is 2. The van der Waals surface area contributed by atoms with E-state index in [0.29, 0.717) is 0 Å². The maximum absolute atomic E-state index is 4.50. The Bertz CT molecular complexity index is 12.4. The topological polar surface area (TPSA) is 51.6 Å². The van der Waals surface area contributed by atoms with Crippen LogP contribution in [0.15, 0.2) is 0 Å². The van der Waals surface area contributed by atoms with Crippen molar-refractivity contribution in [1.82, 2.24) is 0 Å². The Labute approximate surface area is 33.5 Å². The second-order valence-corrected chi connectivity index (χ2v) is 0.192. The van der Waals surface area contributed by atoms with E-state index in [0.717, 1.165) is 6.34 Å². The molecule has 0 unspecified atom stereocenters. The molecule has 0 bridgehead atoms. The summed E-state index contributed by atoms with van der Waals surface area (Å²) in [4.78, 5) is 0. The second kappa shape index (κ2) is 95.8. The van der Waals surface area contributed by atoms with Crippen LogP contribution in [0.3, 0.4) is 0 Å². The van der Waals surface area contributed by atoms with E-state index in [9.17, 15) is 0 Å². The van der Waals surface area contributed by atoms with Gasteiger partial charge in [0.1, 0.15) is 0 Å². The average molecular weight is 77.2 g/mol. The molecule has 2 nitrogen and oxygen atoms in total. The Kier molecular flexibility index (Phi) is 477. The first-order chi connectivity index (χ1) is 1.41. The molecule has 4 N–H and O–H groups in total. The summed E-state index contributed by atoms with van der Waals surface area (Å²) < 4.78 is 0. The van der Waals surface area contributed by atoms with Crippen LogP contribution in [0.2, 0.25) is 0 Å². The molecule has 0 atom stereocenters. The first kappa shape index (κ1) is 24.9. The van der Waals surface area contributed by atoms with Gasteiger partial charge in [0.15, 0.2) is 0 Å². The third-order valence-electron chi connectivity index (χ3n) is 0. The zero-order valence-corrected chi connectivity index (χ0v) is 1.73. The van der Waals surface area contributed by atoms with Crippen molar-refractivity contribution >= 4 is 6.34 Å². The summed E-state index contributed by atoms with van der Waals surface area (Å²) in [6, 6.07) is 0. The van der Waals surface area contributed by atoms with Gasteiger partial charge < -0.3 is 0 Å². The van der Waals surface area contributed by atoms with Crippen LogP contribution < -0.4 is 11.1 Å². The van der Waals surface area contributed by atoms with Crippen LogP contribution in [0, 0.1) is 0 Å². The van der Waals surface area contributed by atoms with E-state index < -0.39 is 0 Å². The van der Waals surface area contributed by atoms with E-state index in [4.69, 9.17) is 0 Å². The molecule has 0 rings (SSSR count). The Morgan fingerprint density at radius 1 is 1.40 bits per heavy atom. The lowest BCUT2D eigenvalue weighted by Gasteiger charge is -1.29. The Morgan fingerprint density at radius 3 is 1.40 bits per heavy atom. The maximum atomic E-state index is 4.50. The van der Waals surface area contributed by atoms with Crippen LogP contribution in [-0.2, 0) is 0 Å². The van der Waals surface area contributed by atoms with Gasteiger partial charge in [0.2, 0.25) is 6.34 Å². The van der Waals surface area contributed by atoms with Crippen molar-refractivity contribution in [3.8, 4) is 0 Å². The van der Waals surface area contributed by atoms with E-state index in [1.165, 1.54) is 0 Å². The zero-order valence-electron chi connectivity index (χ0n) is 1.73. The highest BCUT2D eigenvalue weighted by Gasteiger charge is 1.22. The van der Waals surface area contributed by atoms with E-state index in [-0.39, 0.29) is 14.9 Å². The van der Waals surface area contributed by atoms with E-state index in [2.05, 4.69) is 11.1 Å². The second-order valence-electron chi connectivity index (χ2n) is 0.192. The van der Waals surface area contributed by atoms with Gasteiger partial charge in [-0.15, -0.1) is 0 Å². The van der Waals surface area contributed by atoms with Gasteiger partial charge in [-0.05, 0) is 0 Å². The highest BCUT2D eigenvalue weighted by Crippen LogP contribution is 0.556. The fraction of sp³-hybridized carbons (Fsp3) is 0.667. The van der Waals surface area contributed by atoms with Crippen molar-refractivity contribution in [2.45, 2.75) is 14.9 Å². The Morgan fingerprint density at radius 2 is 1.40 bits per heavy atom. The lowest BCUT2D eigenvalue weighted by Crippen LogP contribution is -2.33. The van der Waals surface area contributed by atoms with Gasteiger partial charge >= 0.3 is 0 Å². The maximum Gasteiger partial charge on any atom is 0.225 e. The number of hydrogen-bond acceptors (Lipinski definition) is 0. The minimum atomic E-state index is 0. The molecule has 5 heavy (non-hydrogen) atoms. The summed E-state index contributed by atoms with van der Waals surface area (Å²) in [5.74, 6) is 0. The molecule has 0 aromatic carbocycles. The summed E-state index contributed by atoms with van der Waals surface area (Å²) in [5.41, 5.74) is 4.50. The molecule has 0 aromatic heterocycles. The molecule has 0 aliphatic rings. The molecule has 0 fully saturated rings. The first-order valence-corrected chi connectivity index (χ1v) is 0.667. The van der Waals surface area contributed by atoms with Crippen LogP contribution >= 0.6 is 0 Å². The van der Waals surface area contributed by atoms with Crippen LogP contribution in [0.4, 0.5) is 0 Å². The van der Waals surface area contributed by atoms with Crippen LogP contribution in [-0.4, -0.2) is 6.34 Å². The highest BCUT2D eigenvalue weighted by molar-refractivity contribution is 5.42. The van der Waals surface area contributed by atoms with Gasteiger partial charge in [-0.1, -0.05) is 14.9 Å². The van der Waals surface area contributed by atoms with Crippen LogP contribution in [0.5, 0.6) is 0 Å². The third kappa shape index (κ3) is 26.7. The molecule has 0 aromatic rings. The predicted molar refractivity (Wildman–Crippen MR) is 25.6 cm³/mol. The summed E-state index contributed by atoms with van der Waals surface area (Å²) in [6.07, 6.45) is 1.00. The predicted octanol–water partition coefficient (Wildman–Crippen LogP) is -0.995. The van der Waals surface area contributed by atoms with Crippen molar-refractivity contribution < 1.29 is 5.41 Å². The smallest absolute Gasteiger partial charge is 0.225 e. The van der Waals surface area contributed by atoms with Gasteiger partial charge in [-0.2, -0.15) is 0 Å². The van der Waals surface area contributed by atoms with Crippen molar-refractivity contribution in [2.24, 2.45) is 5.73 Å². The lowest BCUT2D eigenvalue weighted by molar-refractivity contribution is -0.106. The van der Waals surface area contributed by atoms with Crippen molar-refractivity contribution in [3.05, 3.63) is 0 Å². The molecule has 0 radical (unpaired) electrons. The molecule has 2 heteroatoms. The average Bonchev–Trinajstić information content (AvgIpc) is 0.918.